The van der Waals surface area contributed by atoms with Gasteiger partial charge in [0, 0.05) is 17.7 Å². The molecule has 1 aromatic heterocycles. The summed E-state index contributed by atoms with van der Waals surface area (Å²) >= 11 is 0. The van der Waals surface area contributed by atoms with E-state index in [0.29, 0.717) is 11.4 Å². The molecule has 2 aromatic carbocycles. The highest BCUT2D eigenvalue weighted by Gasteiger charge is 2.15. The topological polar surface area (TPSA) is 50.1 Å². The van der Waals surface area contributed by atoms with Crippen LogP contribution in [0.25, 0.3) is 6.08 Å². The Bertz CT molecular complexity index is 925. The second-order valence-electron chi connectivity index (χ2n) is 5.74. The van der Waals surface area contributed by atoms with E-state index in [9.17, 15) is 9.59 Å². The number of benzene rings is 2. The lowest BCUT2D eigenvalue weighted by Gasteiger charge is -2.05. The van der Waals surface area contributed by atoms with Crippen LogP contribution < -0.4 is 26.9 Å². The Kier molecular flexibility index (Phi) is 7.64. The molecule has 1 N–H and O–H groups in total. The number of nitrogens with one attached hydrogen (secondary N) is 1. The van der Waals surface area contributed by atoms with Gasteiger partial charge in [-0.2, -0.15) is 0 Å². The van der Waals surface area contributed by atoms with Crippen LogP contribution in [-0.4, -0.2) is 11.7 Å². The van der Waals surface area contributed by atoms with Gasteiger partial charge in [0.1, 0.15) is 0 Å². The molecule has 0 unspecified atom stereocenters. The van der Waals surface area contributed by atoms with Crippen molar-refractivity contribution in [2.45, 2.75) is 6.54 Å². The SMILES string of the molecule is O=C(C=Cc1ccccc1)Nc1cccc[n+]1CC(=O)c1ccccc1.[Br-]. The summed E-state index contributed by atoms with van der Waals surface area (Å²) in [7, 11) is 0. The maximum absolute atomic E-state index is 12.4. The summed E-state index contributed by atoms with van der Waals surface area (Å²) in [5, 5.41) is 2.82. The van der Waals surface area contributed by atoms with Crippen molar-refractivity contribution in [2.24, 2.45) is 0 Å². The quantitative estimate of drug-likeness (QED) is 0.357. The van der Waals surface area contributed by atoms with E-state index < -0.39 is 0 Å². The Balaban J connectivity index is 0.00000261. The van der Waals surface area contributed by atoms with Gasteiger partial charge in [0.25, 0.3) is 5.82 Å². The number of pyridine rings is 1. The number of carbonyl (C=O) groups is 2. The zero-order valence-corrected chi connectivity index (χ0v) is 16.2. The number of ketones is 1. The van der Waals surface area contributed by atoms with E-state index in [1.807, 2.05) is 60.7 Å². The average molecular weight is 423 g/mol. The molecule has 1 amide bonds. The Morgan fingerprint density at radius 1 is 0.852 bits per heavy atom. The molecule has 0 spiro atoms. The van der Waals surface area contributed by atoms with Crippen LogP contribution in [0.1, 0.15) is 15.9 Å². The molecular weight excluding hydrogens is 404 g/mol. The van der Waals surface area contributed by atoms with Gasteiger partial charge in [0.15, 0.2) is 6.54 Å². The summed E-state index contributed by atoms with van der Waals surface area (Å²) in [6.07, 6.45) is 5.00. The third-order valence-electron chi connectivity index (χ3n) is 3.83. The van der Waals surface area contributed by atoms with Crippen molar-refractivity contribution in [3.8, 4) is 0 Å². The van der Waals surface area contributed by atoms with Crippen LogP contribution in [-0.2, 0) is 11.3 Å². The minimum absolute atomic E-state index is 0. The van der Waals surface area contributed by atoms with E-state index in [-0.39, 0.29) is 35.2 Å². The molecule has 0 fully saturated rings. The summed E-state index contributed by atoms with van der Waals surface area (Å²) in [6.45, 7) is 0.156. The third-order valence-corrected chi connectivity index (χ3v) is 3.83. The average Bonchev–Trinajstić information content (AvgIpc) is 2.69. The molecule has 0 aliphatic carbocycles. The zero-order valence-electron chi connectivity index (χ0n) is 14.6. The monoisotopic (exact) mass is 422 g/mol. The molecule has 1 heterocycles. The minimum atomic E-state index is -0.249. The molecule has 0 aliphatic rings. The van der Waals surface area contributed by atoms with Crippen LogP contribution in [0.4, 0.5) is 5.82 Å². The van der Waals surface area contributed by atoms with Crippen molar-refractivity contribution in [3.63, 3.8) is 0 Å². The highest BCUT2D eigenvalue weighted by molar-refractivity contribution is 6.01. The van der Waals surface area contributed by atoms with Crippen molar-refractivity contribution in [1.82, 2.24) is 0 Å². The number of amides is 1. The molecule has 0 bridgehead atoms. The first-order valence-electron chi connectivity index (χ1n) is 8.33. The highest BCUT2D eigenvalue weighted by Crippen LogP contribution is 2.05. The van der Waals surface area contributed by atoms with Gasteiger partial charge in [-0.15, -0.1) is 0 Å². The first-order chi connectivity index (χ1) is 12.7. The zero-order chi connectivity index (χ0) is 18.2. The predicted molar refractivity (Wildman–Crippen MR) is 102 cm³/mol. The molecule has 0 aliphatic heterocycles. The van der Waals surface area contributed by atoms with Gasteiger partial charge in [0.2, 0.25) is 5.78 Å². The van der Waals surface area contributed by atoms with Gasteiger partial charge in [-0.3, -0.25) is 4.79 Å². The number of nitrogens with zero attached hydrogens (tertiary/aromatic N) is 1. The van der Waals surface area contributed by atoms with E-state index in [1.165, 1.54) is 6.08 Å². The maximum atomic E-state index is 12.4. The van der Waals surface area contributed by atoms with Crippen molar-refractivity contribution in [2.75, 3.05) is 5.32 Å². The Morgan fingerprint density at radius 2 is 1.48 bits per heavy atom. The standard InChI is InChI=1S/C22H18N2O2.BrH/c25-20(19-11-5-2-6-12-19)17-24-16-8-7-13-21(24)23-22(26)15-14-18-9-3-1-4-10-18;/h1-16H,17H2;1H. The number of hydrogen-bond acceptors (Lipinski definition) is 2. The van der Waals surface area contributed by atoms with Crippen LogP contribution in [0.3, 0.4) is 0 Å². The lowest BCUT2D eigenvalue weighted by Crippen LogP contribution is -3.00. The number of aromatic nitrogens is 1. The van der Waals surface area contributed by atoms with Crippen LogP contribution in [0.2, 0.25) is 0 Å². The molecule has 136 valence electrons. The van der Waals surface area contributed by atoms with Crippen LogP contribution in [0, 0.1) is 0 Å². The predicted octanol–water partition coefficient (Wildman–Crippen LogP) is 0.513. The normalized spacial score (nSPS) is 10.2. The van der Waals surface area contributed by atoms with Crippen LogP contribution in [0.15, 0.2) is 91.1 Å². The van der Waals surface area contributed by atoms with Gasteiger partial charge >= 0.3 is 5.91 Å². The van der Waals surface area contributed by atoms with Gasteiger partial charge < -0.3 is 17.0 Å². The fourth-order valence-corrected chi connectivity index (χ4v) is 2.50. The molecule has 3 aromatic rings. The Morgan fingerprint density at radius 3 is 2.19 bits per heavy atom. The van der Waals surface area contributed by atoms with Crippen molar-refractivity contribution < 1.29 is 31.1 Å². The number of rotatable bonds is 6. The van der Waals surface area contributed by atoms with Gasteiger partial charge in [-0.1, -0.05) is 66.7 Å². The number of hydrogen-bond donors (Lipinski definition) is 1. The van der Waals surface area contributed by atoms with E-state index >= 15 is 0 Å². The maximum Gasteiger partial charge on any atom is 0.331 e. The molecule has 0 radical (unpaired) electrons. The number of carbonyl (C=O) groups excluding carboxylic acids is 2. The molecule has 5 heteroatoms. The lowest BCUT2D eigenvalue weighted by molar-refractivity contribution is -0.668. The van der Waals surface area contributed by atoms with Crippen LogP contribution in [0.5, 0.6) is 0 Å². The van der Waals surface area contributed by atoms with E-state index in [4.69, 9.17) is 0 Å². The minimum Gasteiger partial charge on any atom is -1.00 e. The van der Waals surface area contributed by atoms with E-state index in [0.717, 1.165) is 5.56 Å². The third kappa shape index (κ3) is 6.01. The fourth-order valence-electron chi connectivity index (χ4n) is 2.50. The molecule has 4 nitrogen and oxygen atoms in total. The Labute approximate surface area is 168 Å². The lowest BCUT2D eigenvalue weighted by atomic mass is 10.1. The summed E-state index contributed by atoms with van der Waals surface area (Å²) in [5.41, 5.74) is 1.59. The number of halogens is 1. The van der Waals surface area contributed by atoms with Gasteiger partial charge in [-0.25, -0.2) is 14.7 Å². The Hall–Kier alpha value is -3.05. The molecular formula is C22H19BrN2O2. The molecule has 0 saturated carbocycles. The second-order valence-corrected chi connectivity index (χ2v) is 5.74. The van der Waals surface area contributed by atoms with Crippen molar-refractivity contribution in [1.29, 1.82) is 0 Å². The summed E-state index contributed by atoms with van der Waals surface area (Å²) < 4.78 is 1.73. The first-order valence-corrected chi connectivity index (χ1v) is 8.33. The second kappa shape index (κ2) is 10.2. The smallest absolute Gasteiger partial charge is 0.331 e. The van der Waals surface area contributed by atoms with Gasteiger partial charge in [-0.05, 0) is 17.7 Å². The first kappa shape index (κ1) is 20.3. The highest BCUT2D eigenvalue weighted by atomic mass is 79.9. The molecule has 3 rings (SSSR count). The summed E-state index contributed by atoms with van der Waals surface area (Å²) in [6, 6.07) is 24.1. The van der Waals surface area contributed by atoms with Crippen molar-refractivity contribution in [3.05, 3.63) is 102 Å². The molecule has 0 atom stereocenters. The van der Waals surface area contributed by atoms with Crippen LogP contribution >= 0.6 is 0 Å². The van der Waals surface area contributed by atoms with E-state index in [2.05, 4.69) is 5.32 Å². The molecule has 27 heavy (non-hydrogen) atoms. The molecule has 0 saturated heterocycles. The fraction of sp³-hybridized carbons (Fsp3) is 0.0455. The number of Topliss-reactive ketones (excluding diaryl/α,β-unsaturated/α-hetero) is 1. The van der Waals surface area contributed by atoms with Crippen molar-refractivity contribution >= 4 is 23.6 Å². The number of anilines is 1. The van der Waals surface area contributed by atoms with E-state index in [1.54, 1.807) is 35.0 Å². The summed E-state index contributed by atoms with van der Waals surface area (Å²) in [5.74, 6) is 0.303. The largest absolute Gasteiger partial charge is 1.00 e. The van der Waals surface area contributed by atoms with Gasteiger partial charge in [0.05, 0.1) is 6.20 Å². The summed E-state index contributed by atoms with van der Waals surface area (Å²) in [4.78, 5) is 24.6.